The minimum Gasteiger partial charge on any atom is -0.497 e. The van der Waals surface area contributed by atoms with Crippen LogP contribution in [0.25, 0.3) is 0 Å². The fourth-order valence-corrected chi connectivity index (χ4v) is 4.14. The van der Waals surface area contributed by atoms with E-state index >= 15 is 0 Å². The van der Waals surface area contributed by atoms with Crippen LogP contribution in [0.3, 0.4) is 0 Å². The molecule has 0 aliphatic heterocycles. The molecule has 3 rings (SSSR count). The predicted molar refractivity (Wildman–Crippen MR) is 111 cm³/mol. The highest BCUT2D eigenvalue weighted by atomic mass is 32.2. The Labute approximate surface area is 165 Å². The van der Waals surface area contributed by atoms with E-state index in [1.807, 2.05) is 30.1 Å². The smallest absolute Gasteiger partial charge is 0.262 e. The largest absolute Gasteiger partial charge is 0.497 e. The third-order valence-electron chi connectivity index (χ3n) is 4.33. The minimum absolute atomic E-state index is 0.207. The normalized spacial score (nSPS) is 11.1. The fraction of sp³-hybridized carbons (Fsp3) is 0.190. The minimum atomic E-state index is -3.71. The average molecular weight is 398 g/mol. The summed E-state index contributed by atoms with van der Waals surface area (Å²) in [5.74, 6) is 1.37. The van der Waals surface area contributed by atoms with Crippen molar-refractivity contribution >= 4 is 21.5 Å². The maximum Gasteiger partial charge on any atom is 0.262 e. The molecule has 28 heavy (non-hydrogen) atoms. The van der Waals surface area contributed by atoms with Gasteiger partial charge in [-0.05, 0) is 48.4 Å². The summed E-state index contributed by atoms with van der Waals surface area (Å²) in [6.45, 7) is 2.45. The molecule has 0 aliphatic rings. The Morgan fingerprint density at radius 1 is 1.07 bits per heavy atom. The van der Waals surface area contributed by atoms with Gasteiger partial charge >= 0.3 is 0 Å². The third kappa shape index (κ3) is 4.61. The third-order valence-corrected chi connectivity index (χ3v) is 5.87. The van der Waals surface area contributed by atoms with Crippen LogP contribution < -0.4 is 14.4 Å². The van der Waals surface area contributed by atoms with Crippen LogP contribution >= 0.6 is 0 Å². The van der Waals surface area contributed by atoms with Crippen LogP contribution in [0.5, 0.6) is 5.75 Å². The number of benzene rings is 2. The van der Waals surface area contributed by atoms with Gasteiger partial charge in [0.25, 0.3) is 10.0 Å². The van der Waals surface area contributed by atoms with Crippen molar-refractivity contribution in [1.82, 2.24) is 4.98 Å². The van der Waals surface area contributed by atoms with E-state index in [9.17, 15) is 8.42 Å². The standard InChI is InChI=1S/C21H23N3O3S/c1-16-13-19(27-3)10-11-20(16)28(25,26)23-18-9-12-21(22-14-18)24(2)15-17-7-5-4-6-8-17/h4-14,23H,15H2,1-3H3. The summed E-state index contributed by atoms with van der Waals surface area (Å²) >= 11 is 0. The average Bonchev–Trinajstić information content (AvgIpc) is 2.68. The molecule has 2 aromatic carbocycles. The number of sulfonamides is 1. The number of hydrogen-bond acceptors (Lipinski definition) is 5. The van der Waals surface area contributed by atoms with Gasteiger partial charge < -0.3 is 9.64 Å². The van der Waals surface area contributed by atoms with Crippen LogP contribution in [-0.2, 0) is 16.6 Å². The van der Waals surface area contributed by atoms with Crippen molar-refractivity contribution in [2.24, 2.45) is 0 Å². The van der Waals surface area contributed by atoms with Gasteiger partial charge in [0, 0.05) is 13.6 Å². The van der Waals surface area contributed by atoms with E-state index in [2.05, 4.69) is 21.8 Å². The molecule has 7 heteroatoms. The van der Waals surface area contributed by atoms with Crippen molar-refractivity contribution in [3.05, 3.63) is 78.0 Å². The van der Waals surface area contributed by atoms with E-state index in [1.54, 1.807) is 38.3 Å². The number of ether oxygens (including phenoxy) is 1. The molecule has 0 radical (unpaired) electrons. The summed E-state index contributed by atoms with van der Waals surface area (Å²) in [6.07, 6.45) is 1.52. The van der Waals surface area contributed by atoms with Crippen LogP contribution in [0.4, 0.5) is 11.5 Å². The molecule has 0 bridgehead atoms. The quantitative estimate of drug-likeness (QED) is 0.656. The van der Waals surface area contributed by atoms with Crippen molar-refractivity contribution in [3.63, 3.8) is 0 Å². The van der Waals surface area contributed by atoms with Gasteiger partial charge in [-0.2, -0.15) is 0 Å². The number of nitrogens with zero attached hydrogens (tertiary/aromatic N) is 2. The van der Waals surface area contributed by atoms with Crippen molar-refractivity contribution in [1.29, 1.82) is 0 Å². The van der Waals surface area contributed by atoms with E-state index in [0.717, 1.165) is 5.82 Å². The number of anilines is 2. The molecule has 146 valence electrons. The monoisotopic (exact) mass is 397 g/mol. The highest BCUT2D eigenvalue weighted by molar-refractivity contribution is 7.92. The molecular formula is C21H23N3O3S. The number of methoxy groups -OCH3 is 1. The summed E-state index contributed by atoms with van der Waals surface area (Å²) in [5, 5.41) is 0. The van der Waals surface area contributed by atoms with Crippen LogP contribution in [0.1, 0.15) is 11.1 Å². The maximum absolute atomic E-state index is 12.7. The highest BCUT2D eigenvalue weighted by Gasteiger charge is 2.17. The van der Waals surface area contributed by atoms with Gasteiger partial charge in [0.2, 0.25) is 0 Å². The van der Waals surface area contributed by atoms with E-state index in [1.165, 1.54) is 17.8 Å². The first-order chi connectivity index (χ1) is 13.4. The van der Waals surface area contributed by atoms with Gasteiger partial charge in [-0.15, -0.1) is 0 Å². The predicted octanol–water partition coefficient (Wildman–Crippen LogP) is 3.84. The molecule has 1 heterocycles. The van der Waals surface area contributed by atoms with Crippen molar-refractivity contribution in [2.45, 2.75) is 18.4 Å². The molecule has 0 amide bonds. The Hall–Kier alpha value is -3.06. The van der Waals surface area contributed by atoms with Crippen LogP contribution in [0.15, 0.2) is 71.8 Å². The van der Waals surface area contributed by atoms with Gasteiger partial charge in [-0.1, -0.05) is 30.3 Å². The number of rotatable bonds is 7. The number of pyridine rings is 1. The van der Waals surface area contributed by atoms with Gasteiger partial charge in [-0.25, -0.2) is 13.4 Å². The second-order valence-corrected chi connectivity index (χ2v) is 8.13. The van der Waals surface area contributed by atoms with Gasteiger partial charge in [0.1, 0.15) is 11.6 Å². The molecule has 0 saturated carbocycles. The Kier molecular flexibility index (Phi) is 5.84. The Bertz CT molecular complexity index is 1040. The summed E-state index contributed by atoms with van der Waals surface area (Å²) in [4.78, 5) is 6.59. The first-order valence-corrected chi connectivity index (χ1v) is 10.3. The topological polar surface area (TPSA) is 71.5 Å². The van der Waals surface area contributed by atoms with Crippen molar-refractivity contribution < 1.29 is 13.2 Å². The van der Waals surface area contributed by atoms with Gasteiger partial charge in [0.05, 0.1) is 23.9 Å². The summed E-state index contributed by atoms with van der Waals surface area (Å²) in [6, 6.07) is 18.4. The van der Waals surface area contributed by atoms with E-state index in [-0.39, 0.29) is 4.90 Å². The lowest BCUT2D eigenvalue weighted by Gasteiger charge is -2.18. The summed E-state index contributed by atoms with van der Waals surface area (Å²) in [7, 11) is -0.221. The molecule has 0 fully saturated rings. The van der Waals surface area contributed by atoms with E-state index in [4.69, 9.17) is 4.74 Å². The van der Waals surface area contributed by atoms with Crippen molar-refractivity contribution in [3.8, 4) is 5.75 Å². The molecular weight excluding hydrogens is 374 g/mol. The molecule has 0 aliphatic carbocycles. The number of aromatic nitrogens is 1. The number of nitrogens with one attached hydrogen (secondary N) is 1. The molecule has 0 spiro atoms. The van der Waals surface area contributed by atoms with Crippen LogP contribution in [0, 0.1) is 6.92 Å². The molecule has 0 atom stereocenters. The zero-order valence-electron chi connectivity index (χ0n) is 16.1. The molecule has 0 unspecified atom stereocenters. The lowest BCUT2D eigenvalue weighted by molar-refractivity contribution is 0.414. The summed E-state index contributed by atoms with van der Waals surface area (Å²) in [5.41, 5.74) is 2.19. The fourth-order valence-electron chi connectivity index (χ4n) is 2.87. The number of aryl methyl sites for hydroxylation is 1. The lowest BCUT2D eigenvalue weighted by atomic mass is 10.2. The molecule has 0 saturated heterocycles. The Morgan fingerprint density at radius 3 is 2.43 bits per heavy atom. The maximum atomic E-state index is 12.7. The Balaban J connectivity index is 1.73. The van der Waals surface area contributed by atoms with Crippen molar-refractivity contribution in [2.75, 3.05) is 23.8 Å². The zero-order valence-corrected chi connectivity index (χ0v) is 16.9. The second kappa shape index (κ2) is 8.31. The first kappa shape index (κ1) is 19.7. The van der Waals surface area contributed by atoms with E-state index in [0.29, 0.717) is 23.5 Å². The van der Waals surface area contributed by atoms with Gasteiger partial charge in [0.15, 0.2) is 0 Å². The number of hydrogen-bond donors (Lipinski definition) is 1. The SMILES string of the molecule is COc1ccc(S(=O)(=O)Nc2ccc(N(C)Cc3ccccc3)nc2)c(C)c1. The van der Waals surface area contributed by atoms with Crippen LogP contribution in [0.2, 0.25) is 0 Å². The summed E-state index contributed by atoms with van der Waals surface area (Å²) < 4.78 is 33.1. The molecule has 1 aromatic heterocycles. The van der Waals surface area contributed by atoms with Gasteiger partial charge in [-0.3, -0.25) is 4.72 Å². The Morgan fingerprint density at radius 2 is 1.82 bits per heavy atom. The second-order valence-electron chi connectivity index (χ2n) is 6.48. The lowest BCUT2D eigenvalue weighted by Crippen LogP contribution is -2.18. The zero-order chi connectivity index (χ0) is 20.1. The highest BCUT2D eigenvalue weighted by Crippen LogP contribution is 2.24. The molecule has 3 aromatic rings. The molecule has 6 nitrogen and oxygen atoms in total. The molecule has 1 N–H and O–H groups in total. The van der Waals surface area contributed by atoms with Crippen LogP contribution in [-0.4, -0.2) is 27.6 Å². The first-order valence-electron chi connectivity index (χ1n) is 8.77. The van der Waals surface area contributed by atoms with E-state index < -0.39 is 10.0 Å².